The predicted octanol–water partition coefficient (Wildman–Crippen LogP) is 3.69. The number of halogens is 2. The summed E-state index contributed by atoms with van der Waals surface area (Å²) in [4.78, 5) is 28.3. The Labute approximate surface area is 167 Å². The van der Waals surface area contributed by atoms with Crippen molar-refractivity contribution >= 4 is 17.6 Å². The molecule has 1 aliphatic rings. The van der Waals surface area contributed by atoms with Crippen LogP contribution in [0.5, 0.6) is 5.75 Å². The van der Waals surface area contributed by atoms with Crippen molar-refractivity contribution in [1.29, 1.82) is 0 Å². The summed E-state index contributed by atoms with van der Waals surface area (Å²) in [7, 11) is 0. The van der Waals surface area contributed by atoms with E-state index in [2.05, 4.69) is 15.6 Å². The third-order valence-electron chi connectivity index (χ3n) is 4.81. The van der Waals surface area contributed by atoms with Gasteiger partial charge in [0.25, 0.3) is 5.91 Å². The molecule has 6 nitrogen and oxygen atoms in total. The maximum atomic E-state index is 13.6. The van der Waals surface area contributed by atoms with Gasteiger partial charge >= 0.3 is 0 Å². The van der Waals surface area contributed by atoms with E-state index < -0.39 is 30.0 Å². The number of amides is 2. The molecule has 0 saturated heterocycles. The highest BCUT2D eigenvalue weighted by molar-refractivity contribution is 5.99. The average molecular weight is 403 g/mol. The van der Waals surface area contributed by atoms with Crippen LogP contribution in [0.1, 0.15) is 42.5 Å². The summed E-state index contributed by atoms with van der Waals surface area (Å²) in [6.07, 6.45) is 7.47. The number of ether oxygens (including phenoxy) is 1. The Morgan fingerprint density at radius 2 is 1.93 bits per heavy atom. The first kappa shape index (κ1) is 20.7. The lowest BCUT2D eigenvalue weighted by Crippen LogP contribution is -2.33. The predicted molar refractivity (Wildman–Crippen MR) is 104 cm³/mol. The minimum atomic E-state index is -0.994. The second kappa shape index (κ2) is 9.95. The van der Waals surface area contributed by atoms with E-state index in [4.69, 9.17) is 4.74 Å². The summed E-state index contributed by atoms with van der Waals surface area (Å²) >= 11 is 0. The van der Waals surface area contributed by atoms with E-state index >= 15 is 0 Å². The molecule has 0 bridgehead atoms. The Morgan fingerprint density at radius 3 is 2.69 bits per heavy atom. The standard InChI is InChI=1S/C21H23F2N3O3/c22-15-8-9-16(17(23)11-15)21(28)25-12-19(27)26-20-18(7-4-10-24-20)29-13-14-5-2-1-3-6-14/h4,7-11,14H,1-3,5-6,12-13H2,(H,25,28)(H,24,26,27). The first-order valence-corrected chi connectivity index (χ1v) is 9.64. The average Bonchev–Trinajstić information content (AvgIpc) is 2.72. The molecule has 8 heteroatoms. The van der Waals surface area contributed by atoms with Crippen LogP contribution >= 0.6 is 0 Å². The van der Waals surface area contributed by atoms with E-state index in [1.807, 2.05) is 0 Å². The van der Waals surface area contributed by atoms with Gasteiger partial charge in [0.05, 0.1) is 18.7 Å². The van der Waals surface area contributed by atoms with Crippen molar-refractivity contribution in [2.24, 2.45) is 5.92 Å². The number of aromatic nitrogens is 1. The van der Waals surface area contributed by atoms with Crippen molar-refractivity contribution in [3.8, 4) is 5.75 Å². The van der Waals surface area contributed by atoms with Gasteiger partial charge in [-0.05, 0) is 43.0 Å². The van der Waals surface area contributed by atoms with E-state index in [0.717, 1.165) is 25.0 Å². The van der Waals surface area contributed by atoms with E-state index in [9.17, 15) is 18.4 Å². The van der Waals surface area contributed by atoms with Gasteiger partial charge in [0.2, 0.25) is 5.91 Å². The molecule has 0 atom stereocenters. The van der Waals surface area contributed by atoms with Gasteiger partial charge in [-0.3, -0.25) is 9.59 Å². The number of rotatable bonds is 7. The Hall–Kier alpha value is -3.03. The van der Waals surface area contributed by atoms with Gasteiger partial charge in [-0.2, -0.15) is 0 Å². The van der Waals surface area contributed by atoms with Crippen LogP contribution in [0.4, 0.5) is 14.6 Å². The monoisotopic (exact) mass is 403 g/mol. The lowest BCUT2D eigenvalue weighted by atomic mass is 9.90. The van der Waals surface area contributed by atoms with Crippen LogP contribution in [0.2, 0.25) is 0 Å². The number of nitrogens with zero attached hydrogens (tertiary/aromatic N) is 1. The molecule has 0 spiro atoms. The van der Waals surface area contributed by atoms with Gasteiger partial charge in [-0.1, -0.05) is 19.3 Å². The Morgan fingerprint density at radius 1 is 1.14 bits per heavy atom. The molecule has 2 amide bonds. The third kappa shape index (κ3) is 5.97. The van der Waals surface area contributed by atoms with Gasteiger partial charge in [0.15, 0.2) is 11.6 Å². The van der Waals surface area contributed by atoms with Gasteiger partial charge < -0.3 is 15.4 Å². The first-order valence-electron chi connectivity index (χ1n) is 9.64. The SMILES string of the molecule is O=C(CNC(=O)c1ccc(F)cc1F)Nc1ncccc1OCC1CCCCC1. The molecule has 1 fully saturated rings. The van der Waals surface area contributed by atoms with E-state index in [0.29, 0.717) is 24.3 Å². The first-order chi connectivity index (χ1) is 14.0. The molecule has 1 aromatic carbocycles. The summed E-state index contributed by atoms with van der Waals surface area (Å²) in [5, 5.41) is 4.89. The molecule has 0 unspecified atom stereocenters. The Balaban J connectivity index is 1.53. The van der Waals surface area contributed by atoms with Crippen LogP contribution < -0.4 is 15.4 Å². The molecule has 2 N–H and O–H groups in total. The number of nitrogens with one attached hydrogen (secondary N) is 2. The highest BCUT2D eigenvalue weighted by atomic mass is 19.1. The van der Waals surface area contributed by atoms with Crippen molar-refractivity contribution in [1.82, 2.24) is 10.3 Å². The van der Waals surface area contributed by atoms with Crippen LogP contribution in [-0.2, 0) is 4.79 Å². The fourth-order valence-electron chi connectivity index (χ4n) is 3.27. The molecule has 1 heterocycles. The number of anilines is 1. The third-order valence-corrected chi connectivity index (χ3v) is 4.81. The zero-order valence-electron chi connectivity index (χ0n) is 15.9. The molecule has 154 valence electrons. The molecule has 2 aromatic rings. The molecular formula is C21H23F2N3O3. The van der Waals surface area contributed by atoms with Gasteiger partial charge in [0.1, 0.15) is 11.6 Å². The van der Waals surface area contributed by atoms with E-state index in [-0.39, 0.29) is 11.4 Å². The smallest absolute Gasteiger partial charge is 0.254 e. The molecule has 29 heavy (non-hydrogen) atoms. The van der Waals surface area contributed by atoms with Crippen molar-refractivity contribution in [3.63, 3.8) is 0 Å². The van der Waals surface area contributed by atoms with Crippen LogP contribution in [-0.4, -0.2) is 29.9 Å². The van der Waals surface area contributed by atoms with Crippen LogP contribution in [0, 0.1) is 17.6 Å². The quantitative estimate of drug-likeness (QED) is 0.739. The molecule has 3 rings (SSSR count). The van der Waals surface area contributed by atoms with Gasteiger partial charge in [0, 0.05) is 12.3 Å². The van der Waals surface area contributed by atoms with E-state index in [1.165, 1.54) is 25.5 Å². The Kier molecular flexibility index (Phi) is 7.10. The molecule has 1 saturated carbocycles. The summed E-state index contributed by atoms with van der Waals surface area (Å²) in [6.45, 7) is 0.170. The van der Waals surface area contributed by atoms with Crippen LogP contribution in [0.15, 0.2) is 36.5 Å². The van der Waals surface area contributed by atoms with Gasteiger partial charge in [-0.15, -0.1) is 0 Å². The molecule has 1 aromatic heterocycles. The van der Waals surface area contributed by atoms with Crippen molar-refractivity contribution < 1.29 is 23.1 Å². The minimum Gasteiger partial charge on any atom is -0.489 e. The maximum Gasteiger partial charge on any atom is 0.254 e. The zero-order chi connectivity index (χ0) is 20.6. The highest BCUT2D eigenvalue weighted by Gasteiger charge is 2.17. The number of carbonyl (C=O) groups excluding carboxylic acids is 2. The molecule has 1 aliphatic carbocycles. The van der Waals surface area contributed by atoms with Gasteiger partial charge in [-0.25, -0.2) is 13.8 Å². The summed E-state index contributed by atoms with van der Waals surface area (Å²) < 4.78 is 32.4. The Bertz CT molecular complexity index is 870. The summed E-state index contributed by atoms with van der Waals surface area (Å²) in [5.74, 6) is -1.91. The minimum absolute atomic E-state index is 0.260. The van der Waals surface area contributed by atoms with Crippen molar-refractivity contribution in [3.05, 3.63) is 53.7 Å². The molecule has 0 aliphatic heterocycles. The number of hydrogen-bond acceptors (Lipinski definition) is 4. The largest absolute Gasteiger partial charge is 0.489 e. The number of benzene rings is 1. The second-order valence-corrected chi connectivity index (χ2v) is 7.02. The molecule has 0 radical (unpaired) electrons. The second-order valence-electron chi connectivity index (χ2n) is 7.02. The van der Waals surface area contributed by atoms with E-state index in [1.54, 1.807) is 12.1 Å². The fraction of sp³-hybridized carbons (Fsp3) is 0.381. The normalized spacial score (nSPS) is 14.3. The summed E-state index contributed by atoms with van der Waals surface area (Å²) in [6, 6.07) is 6.04. The van der Waals surface area contributed by atoms with Crippen molar-refractivity contribution in [2.45, 2.75) is 32.1 Å². The maximum absolute atomic E-state index is 13.6. The van der Waals surface area contributed by atoms with Crippen LogP contribution in [0.3, 0.4) is 0 Å². The fourth-order valence-corrected chi connectivity index (χ4v) is 3.27. The number of pyridine rings is 1. The van der Waals surface area contributed by atoms with Crippen LogP contribution in [0.25, 0.3) is 0 Å². The summed E-state index contributed by atoms with van der Waals surface area (Å²) in [5.41, 5.74) is -0.339. The topological polar surface area (TPSA) is 80.3 Å². The lowest BCUT2D eigenvalue weighted by molar-refractivity contribution is -0.115. The molecular weight excluding hydrogens is 380 g/mol. The number of carbonyl (C=O) groups is 2. The number of hydrogen-bond donors (Lipinski definition) is 2. The lowest BCUT2D eigenvalue weighted by Gasteiger charge is -2.22. The van der Waals surface area contributed by atoms with Crippen molar-refractivity contribution in [2.75, 3.05) is 18.5 Å². The zero-order valence-corrected chi connectivity index (χ0v) is 15.9. The highest BCUT2D eigenvalue weighted by Crippen LogP contribution is 2.26.